The van der Waals surface area contributed by atoms with Crippen molar-refractivity contribution in [3.05, 3.63) is 29.1 Å². The Kier molecular flexibility index (Phi) is 3.19. The molecule has 1 N–H and O–H groups in total. The molecule has 1 atom stereocenters. The first-order valence-corrected chi connectivity index (χ1v) is 5.61. The molecule has 0 spiro atoms. The molecule has 1 aliphatic rings. The van der Waals surface area contributed by atoms with Crippen molar-refractivity contribution < 1.29 is 9.53 Å². The molecule has 0 saturated carbocycles. The van der Waals surface area contributed by atoms with Gasteiger partial charge >= 0.3 is 5.97 Å². The van der Waals surface area contributed by atoms with Crippen molar-refractivity contribution in [2.45, 2.75) is 26.3 Å². The second kappa shape index (κ2) is 4.61. The number of carbonyl (C=O) groups excluding carboxylic acids is 1. The summed E-state index contributed by atoms with van der Waals surface area (Å²) in [7, 11) is 0. The maximum Gasteiger partial charge on any atom is 0.356 e. The van der Waals surface area contributed by atoms with Crippen LogP contribution in [0.1, 0.15) is 41.5 Å². The van der Waals surface area contributed by atoms with Crippen LogP contribution in [-0.2, 0) is 11.2 Å². The van der Waals surface area contributed by atoms with Crippen LogP contribution < -0.4 is 5.32 Å². The fourth-order valence-electron chi connectivity index (χ4n) is 1.96. The van der Waals surface area contributed by atoms with Gasteiger partial charge in [0.1, 0.15) is 5.69 Å². The molecule has 0 aliphatic carbocycles. The number of aromatic nitrogens is 1. The van der Waals surface area contributed by atoms with Crippen molar-refractivity contribution in [3.63, 3.8) is 0 Å². The summed E-state index contributed by atoms with van der Waals surface area (Å²) in [6, 6.07) is 2.16. The molecule has 1 aromatic rings. The largest absolute Gasteiger partial charge is 0.461 e. The van der Waals surface area contributed by atoms with Crippen molar-refractivity contribution in [1.29, 1.82) is 0 Å². The SMILES string of the molecule is CCOC(=O)c1cc2c(cn1)C(C)NCC2. The van der Waals surface area contributed by atoms with Gasteiger partial charge in [-0.15, -0.1) is 0 Å². The van der Waals surface area contributed by atoms with Crippen molar-refractivity contribution in [1.82, 2.24) is 10.3 Å². The molecule has 0 amide bonds. The third kappa shape index (κ3) is 2.07. The first kappa shape index (κ1) is 11.1. The smallest absolute Gasteiger partial charge is 0.356 e. The van der Waals surface area contributed by atoms with Crippen LogP contribution >= 0.6 is 0 Å². The van der Waals surface area contributed by atoms with Gasteiger partial charge in [-0.2, -0.15) is 0 Å². The summed E-state index contributed by atoms with van der Waals surface area (Å²) in [4.78, 5) is 15.7. The summed E-state index contributed by atoms with van der Waals surface area (Å²) in [6.45, 7) is 5.22. The molecule has 1 aromatic heterocycles. The molecule has 2 heterocycles. The third-order valence-corrected chi connectivity index (χ3v) is 2.82. The summed E-state index contributed by atoms with van der Waals surface area (Å²) in [6.07, 6.45) is 2.72. The van der Waals surface area contributed by atoms with Gasteiger partial charge in [0.05, 0.1) is 6.61 Å². The molecule has 2 rings (SSSR count). The Bertz CT molecular complexity index is 404. The van der Waals surface area contributed by atoms with Crippen molar-refractivity contribution >= 4 is 5.97 Å². The molecule has 0 fully saturated rings. The maximum atomic E-state index is 11.5. The number of hydrogen-bond donors (Lipinski definition) is 1. The molecule has 4 heteroatoms. The molecular formula is C12H16N2O2. The zero-order chi connectivity index (χ0) is 11.5. The van der Waals surface area contributed by atoms with Crippen LogP contribution in [0.3, 0.4) is 0 Å². The van der Waals surface area contributed by atoms with E-state index in [1.807, 2.05) is 6.07 Å². The van der Waals surface area contributed by atoms with Gasteiger partial charge in [0.15, 0.2) is 0 Å². The van der Waals surface area contributed by atoms with E-state index in [1.54, 1.807) is 13.1 Å². The Labute approximate surface area is 95.0 Å². The molecular weight excluding hydrogens is 204 g/mol. The van der Waals surface area contributed by atoms with Crippen LogP contribution in [0, 0.1) is 0 Å². The van der Waals surface area contributed by atoms with Crippen molar-refractivity contribution in [3.8, 4) is 0 Å². The predicted octanol–water partition coefficient (Wildman–Crippen LogP) is 1.47. The van der Waals surface area contributed by atoms with Crippen LogP contribution in [0.2, 0.25) is 0 Å². The Morgan fingerprint density at radius 2 is 2.50 bits per heavy atom. The normalized spacial score (nSPS) is 19.0. The van der Waals surface area contributed by atoms with Gasteiger partial charge in [0, 0.05) is 12.2 Å². The minimum atomic E-state index is -0.337. The number of ether oxygens (including phenoxy) is 1. The Balaban J connectivity index is 2.28. The van der Waals surface area contributed by atoms with Gasteiger partial charge < -0.3 is 10.1 Å². The third-order valence-electron chi connectivity index (χ3n) is 2.82. The summed E-state index contributed by atoms with van der Waals surface area (Å²) >= 11 is 0. The zero-order valence-electron chi connectivity index (χ0n) is 9.62. The number of carbonyl (C=O) groups is 1. The molecule has 4 nitrogen and oxygen atoms in total. The minimum Gasteiger partial charge on any atom is -0.461 e. The second-order valence-corrected chi connectivity index (χ2v) is 3.91. The highest BCUT2D eigenvalue weighted by atomic mass is 16.5. The Morgan fingerprint density at radius 3 is 3.25 bits per heavy atom. The molecule has 16 heavy (non-hydrogen) atoms. The van der Waals surface area contributed by atoms with E-state index in [-0.39, 0.29) is 5.97 Å². The number of esters is 1. The summed E-state index contributed by atoms with van der Waals surface area (Å²) in [5.74, 6) is -0.337. The molecule has 86 valence electrons. The predicted molar refractivity (Wildman–Crippen MR) is 60.3 cm³/mol. The molecule has 1 aliphatic heterocycles. The van der Waals surface area contributed by atoms with E-state index in [0.717, 1.165) is 13.0 Å². The van der Waals surface area contributed by atoms with E-state index in [2.05, 4.69) is 17.2 Å². The minimum absolute atomic E-state index is 0.312. The quantitative estimate of drug-likeness (QED) is 0.767. The van der Waals surface area contributed by atoms with Crippen molar-refractivity contribution in [2.75, 3.05) is 13.2 Å². The standard InChI is InChI=1S/C12H16N2O2/c1-3-16-12(15)11-6-9-4-5-13-8(2)10(9)7-14-11/h6-8,13H,3-5H2,1-2H3. The summed E-state index contributed by atoms with van der Waals surface area (Å²) in [5.41, 5.74) is 2.79. The average Bonchev–Trinajstić information content (AvgIpc) is 2.29. The highest BCUT2D eigenvalue weighted by Crippen LogP contribution is 2.22. The molecule has 0 bridgehead atoms. The van der Waals surface area contributed by atoms with Crippen molar-refractivity contribution in [2.24, 2.45) is 0 Å². The second-order valence-electron chi connectivity index (χ2n) is 3.91. The number of hydrogen-bond acceptors (Lipinski definition) is 4. The van der Waals surface area contributed by atoms with Gasteiger partial charge in [0.25, 0.3) is 0 Å². The number of fused-ring (bicyclic) bond motifs is 1. The number of pyridine rings is 1. The lowest BCUT2D eigenvalue weighted by molar-refractivity contribution is 0.0519. The fourth-order valence-corrected chi connectivity index (χ4v) is 1.96. The van der Waals surface area contributed by atoms with Crippen LogP contribution in [0.15, 0.2) is 12.3 Å². The van der Waals surface area contributed by atoms with E-state index in [9.17, 15) is 4.79 Å². The van der Waals surface area contributed by atoms with E-state index in [1.165, 1.54) is 11.1 Å². The van der Waals surface area contributed by atoms with Gasteiger partial charge in [-0.05, 0) is 44.0 Å². The fraction of sp³-hybridized carbons (Fsp3) is 0.500. The first-order chi connectivity index (χ1) is 7.72. The lowest BCUT2D eigenvalue weighted by Gasteiger charge is -2.23. The van der Waals surface area contributed by atoms with Gasteiger partial charge in [-0.1, -0.05) is 0 Å². The maximum absolute atomic E-state index is 11.5. The van der Waals surface area contributed by atoms with Gasteiger partial charge in [-0.3, -0.25) is 0 Å². The average molecular weight is 220 g/mol. The lowest BCUT2D eigenvalue weighted by atomic mass is 9.97. The number of nitrogens with zero attached hydrogens (tertiary/aromatic N) is 1. The first-order valence-electron chi connectivity index (χ1n) is 5.61. The van der Waals surface area contributed by atoms with Gasteiger partial charge in [0.2, 0.25) is 0 Å². The Morgan fingerprint density at radius 1 is 1.69 bits per heavy atom. The summed E-state index contributed by atoms with van der Waals surface area (Å²) in [5, 5.41) is 3.36. The molecule has 0 radical (unpaired) electrons. The van der Waals surface area contributed by atoms with Crippen LogP contribution in [-0.4, -0.2) is 24.1 Å². The van der Waals surface area contributed by atoms with Gasteiger partial charge in [-0.25, -0.2) is 9.78 Å². The number of rotatable bonds is 2. The molecule has 1 unspecified atom stereocenters. The lowest BCUT2D eigenvalue weighted by Crippen LogP contribution is -2.28. The molecule has 0 saturated heterocycles. The van der Waals surface area contributed by atoms with E-state index >= 15 is 0 Å². The Hall–Kier alpha value is -1.42. The van der Waals surface area contributed by atoms with Crippen LogP contribution in [0.25, 0.3) is 0 Å². The monoisotopic (exact) mass is 220 g/mol. The van der Waals surface area contributed by atoms with E-state index in [4.69, 9.17) is 4.74 Å². The molecule has 0 aromatic carbocycles. The zero-order valence-corrected chi connectivity index (χ0v) is 9.62. The van der Waals surface area contributed by atoms with Crippen LogP contribution in [0.4, 0.5) is 0 Å². The summed E-state index contributed by atoms with van der Waals surface area (Å²) < 4.78 is 4.93. The topological polar surface area (TPSA) is 51.2 Å². The highest BCUT2D eigenvalue weighted by molar-refractivity contribution is 5.87. The van der Waals surface area contributed by atoms with E-state index < -0.39 is 0 Å². The van der Waals surface area contributed by atoms with E-state index in [0.29, 0.717) is 18.3 Å². The highest BCUT2D eigenvalue weighted by Gasteiger charge is 2.18. The van der Waals surface area contributed by atoms with Crippen LogP contribution in [0.5, 0.6) is 0 Å². The number of nitrogens with one attached hydrogen (secondary N) is 1.